The molecule has 0 N–H and O–H groups in total. The summed E-state index contributed by atoms with van der Waals surface area (Å²) in [7, 11) is 0. The van der Waals surface area contributed by atoms with Gasteiger partial charge in [-0.3, -0.25) is 4.79 Å². The van der Waals surface area contributed by atoms with Crippen molar-refractivity contribution in [3.8, 4) is 0 Å². The maximum absolute atomic E-state index is 12.3. The van der Waals surface area contributed by atoms with E-state index in [9.17, 15) is 9.35 Å². The number of carbonyl (C=O) groups is 1. The van der Waals surface area contributed by atoms with E-state index in [0.29, 0.717) is 5.92 Å². The van der Waals surface area contributed by atoms with Crippen LogP contribution in [0.25, 0.3) is 0 Å². The molecule has 0 amide bonds. The lowest BCUT2D eigenvalue weighted by Crippen LogP contribution is -2.36. The average molecular weight is 243 g/mol. The summed E-state index contributed by atoms with van der Waals surface area (Å²) in [5.74, 6) is 0.787. The summed E-state index contributed by atoms with van der Waals surface area (Å²) in [5.41, 5.74) is 0. The zero-order valence-corrected chi connectivity index (χ0v) is 11.3. The first-order chi connectivity index (χ1) is 7.34. The molecule has 1 saturated heterocycles. The fourth-order valence-corrected chi connectivity index (χ4v) is 3.99. The zero-order valence-electron chi connectivity index (χ0n) is 10.5. The Kier molecular flexibility index (Phi) is 3.10. The predicted molar refractivity (Wildman–Crippen MR) is 65.3 cm³/mol. The van der Waals surface area contributed by atoms with Crippen molar-refractivity contribution in [2.75, 3.05) is 0 Å². The van der Waals surface area contributed by atoms with Crippen molar-refractivity contribution in [2.24, 2.45) is 5.92 Å². The molecular weight excluding hydrogens is 222 g/mol. The Balaban J connectivity index is 2.06. The van der Waals surface area contributed by atoms with E-state index in [-0.39, 0.29) is 22.6 Å². The molecule has 0 aromatic rings. The number of Topliss-reactive ketones (excluding diaryl/α,β-unsaturated/α-hetero) is 1. The molecule has 0 aromatic heterocycles. The lowest BCUT2D eigenvalue weighted by Gasteiger charge is -2.28. The van der Waals surface area contributed by atoms with Crippen LogP contribution in [0, 0.1) is 5.92 Å². The maximum atomic E-state index is 12.3. The third kappa shape index (κ3) is 2.03. The van der Waals surface area contributed by atoms with Gasteiger partial charge in [-0.15, -0.1) is 4.31 Å². The molecule has 2 unspecified atom stereocenters. The van der Waals surface area contributed by atoms with Gasteiger partial charge in [0.2, 0.25) is 0 Å². The van der Waals surface area contributed by atoms with Crippen molar-refractivity contribution < 1.29 is 9.35 Å². The van der Waals surface area contributed by atoms with Crippen LogP contribution in [-0.2, 0) is 16.2 Å². The molecular formula is C12H21NO2S. The fraction of sp³-hybridized carbons (Fsp3) is 0.917. The SMILES string of the molecule is CC(=O)[C@H]1[C@@H](C2CCC2)N1[S+]([O-])C(C)(C)C. The monoisotopic (exact) mass is 243 g/mol. The number of hydrogen-bond donors (Lipinski definition) is 0. The second-order valence-corrected chi connectivity index (χ2v) is 8.10. The maximum Gasteiger partial charge on any atom is 0.153 e. The molecule has 4 atom stereocenters. The Labute approximate surface area is 101 Å². The smallest absolute Gasteiger partial charge is 0.153 e. The molecule has 1 aliphatic heterocycles. The summed E-state index contributed by atoms with van der Waals surface area (Å²) in [4.78, 5) is 11.5. The first-order valence-electron chi connectivity index (χ1n) is 6.05. The van der Waals surface area contributed by atoms with Crippen LogP contribution in [0.1, 0.15) is 47.0 Å². The first-order valence-corrected chi connectivity index (χ1v) is 7.15. The summed E-state index contributed by atoms with van der Waals surface area (Å²) < 4.78 is 14.0. The van der Waals surface area contributed by atoms with Crippen molar-refractivity contribution in [1.82, 2.24) is 4.31 Å². The van der Waals surface area contributed by atoms with Crippen molar-refractivity contribution in [1.29, 1.82) is 0 Å². The number of nitrogens with zero attached hydrogens (tertiary/aromatic N) is 1. The fourth-order valence-electron chi connectivity index (χ4n) is 2.43. The van der Waals surface area contributed by atoms with Crippen molar-refractivity contribution in [3.63, 3.8) is 0 Å². The minimum absolute atomic E-state index is 0.0645. The van der Waals surface area contributed by atoms with Crippen molar-refractivity contribution >= 4 is 17.1 Å². The van der Waals surface area contributed by atoms with E-state index in [2.05, 4.69) is 0 Å². The molecule has 0 spiro atoms. The standard InChI is InChI=1S/C12H21NO2S/c1-8(14)10-11(9-6-5-7-9)13(10)16(15)12(2,3)4/h9-11H,5-7H2,1-4H3/t10-,11+,13?,16?/m0/s1. The van der Waals surface area contributed by atoms with Crippen LogP contribution in [-0.4, -0.2) is 31.5 Å². The van der Waals surface area contributed by atoms with E-state index in [0.717, 1.165) is 0 Å². The van der Waals surface area contributed by atoms with Crippen LogP contribution < -0.4 is 0 Å². The molecule has 16 heavy (non-hydrogen) atoms. The van der Waals surface area contributed by atoms with Gasteiger partial charge in [-0.25, -0.2) is 0 Å². The van der Waals surface area contributed by atoms with Crippen LogP contribution in [0.5, 0.6) is 0 Å². The van der Waals surface area contributed by atoms with E-state index >= 15 is 0 Å². The van der Waals surface area contributed by atoms with Crippen molar-refractivity contribution in [3.05, 3.63) is 0 Å². The predicted octanol–water partition coefficient (Wildman–Crippen LogP) is 1.89. The van der Waals surface area contributed by atoms with Crippen LogP contribution in [0.3, 0.4) is 0 Å². The Morgan fingerprint density at radius 2 is 1.94 bits per heavy atom. The van der Waals surface area contributed by atoms with Gasteiger partial charge >= 0.3 is 0 Å². The highest BCUT2D eigenvalue weighted by Gasteiger charge is 2.64. The summed E-state index contributed by atoms with van der Waals surface area (Å²) in [6.07, 6.45) is 3.67. The number of carbonyl (C=O) groups excluding carboxylic acids is 1. The van der Waals surface area contributed by atoms with Gasteiger partial charge in [-0.05, 0) is 46.5 Å². The Morgan fingerprint density at radius 1 is 1.38 bits per heavy atom. The molecule has 2 fully saturated rings. The van der Waals surface area contributed by atoms with E-state index in [1.165, 1.54) is 19.3 Å². The van der Waals surface area contributed by atoms with Gasteiger partial charge in [0.15, 0.2) is 5.78 Å². The molecule has 1 saturated carbocycles. The van der Waals surface area contributed by atoms with Gasteiger partial charge < -0.3 is 4.55 Å². The molecule has 4 heteroatoms. The van der Waals surface area contributed by atoms with Gasteiger partial charge in [-0.2, -0.15) is 0 Å². The largest absolute Gasteiger partial charge is 0.597 e. The molecule has 3 nitrogen and oxygen atoms in total. The van der Waals surface area contributed by atoms with Crippen LogP contribution in [0.15, 0.2) is 0 Å². The molecule has 92 valence electrons. The van der Waals surface area contributed by atoms with E-state index in [1.807, 2.05) is 25.1 Å². The van der Waals surface area contributed by atoms with Crippen LogP contribution in [0.2, 0.25) is 0 Å². The zero-order chi connectivity index (χ0) is 12.1. The van der Waals surface area contributed by atoms with Gasteiger partial charge in [0.1, 0.15) is 10.8 Å². The Bertz CT molecular complexity index is 296. The van der Waals surface area contributed by atoms with Gasteiger partial charge in [0.25, 0.3) is 0 Å². The first kappa shape index (κ1) is 12.4. The highest BCUT2D eigenvalue weighted by molar-refractivity contribution is 7.90. The third-order valence-corrected chi connectivity index (χ3v) is 5.47. The van der Waals surface area contributed by atoms with E-state index in [1.54, 1.807) is 6.92 Å². The second-order valence-electron chi connectivity index (χ2n) is 5.96. The van der Waals surface area contributed by atoms with E-state index in [4.69, 9.17) is 0 Å². The highest BCUT2D eigenvalue weighted by atomic mass is 32.2. The molecule has 1 aliphatic carbocycles. The highest BCUT2D eigenvalue weighted by Crippen LogP contribution is 2.48. The summed E-state index contributed by atoms with van der Waals surface area (Å²) in [5, 5.41) is 0. The Morgan fingerprint density at radius 3 is 2.25 bits per heavy atom. The minimum atomic E-state index is -1.03. The third-order valence-electron chi connectivity index (χ3n) is 3.57. The average Bonchev–Trinajstić information content (AvgIpc) is 2.73. The van der Waals surface area contributed by atoms with Gasteiger partial charge in [0, 0.05) is 11.4 Å². The van der Waals surface area contributed by atoms with Crippen LogP contribution in [0.4, 0.5) is 0 Å². The topological polar surface area (TPSA) is 43.1 Å². The summed E-state index contributed by atoms with van der Waals surface area (Å²) in [6, 6.07) is 0.205. The second kappa shape index (κ2) is 4.00. The molecule has 1 heterocycles. The lowest BCUT2D eigenvalue weighted by atomic mass is 9.81. The van der Waals surface area contributed by atoms with Gasteiger partial charge in [0.05, 0.1) is 6.04 Å². The normalized spacial score (nSPS) is 36.7. The molecule has 2 aliphatic rings. The van der Waals surface area contributed by atoms with Gasteiger partial charge in [-0.1, -0.05) is 6.42 Å². The molecule has 0 aromatic carbocycles. The molecule has 0 bridgehead atoms. The minimum Gasteiger partial charge on any atom is -0.597 e. The molecule has 2 rings (SSSR count). The van der Waals surface area contributed by atoms with Crippen molar-refractivity contribution in [2.45, 2.75) is 63.8 Å². The summed E-state index contributed by atoms with van der Waals surface area (Å²) >= 11 is -1.03. The number of hydrogen-bond acceptors (Lipinski definition) is 3. The number of ketones is 1. The number of rotatable bonds is 3. The van der Waals surface area contributed by atoms with Crippen LogP contribution >= 0.6 is 0 Å². The Hall–Kier alpha value is -0.0600. The quantitative estimate of drug-likeness (QED) is 0.561. The lowest BCUT2D eigenvalue weighted by molar-refractivity contribution is -0.117. The van der Waals surface area contributed by atoms with E-state index < -0.39 is 11.4 Å². The molecule has 0 radical (unpaired) electrons. The summed E-state index contributed by atoms with van der Waals surface area (Å²) in [6.45, 7) is 7.53.